The summed E-state index contributed by atoms with van der Waals surface area (Å²) in [5.74, 6) is -1.13. The monoisotopic (exact) mass is 527 g/mol. The molecule has 3 heterocycles. The number of ketones is 1. The molecule has 11 nitrogen and oxygen atoms in total. The number of hydrogen-bond acceptors (Lipinski definition) is 9. The van der Waals surface area contributed by atoms with Crippen LogP contribution in [0.15, 0.2) is 18.5 Å². The summed E-state index contributed by atoms with van der Waals surface area (Å²) in [5, 5.41) is 26.1. The maximum atomic E-state index is 14.6. The van der Waals surface area contributed by atoms with Gasteiger partial charge in [-0.1, -0.05) is 0 Å². The molecule has 0 unspecified atom stereocenters. The van der Waals surface area contributed by atoms with Crippen LogP contribution in [0.4, 0.5) is 4.39 Å². The molecule has 0 radical (unpaired) electrons. The molecular weight excluding hydrogens is 497 g/mol. The summed E-state index contributed by atoms with van der Waals surface area (Å²) in [7, 11) is 1.37. The van der Waals surface area contributed by atoms with E-state index in [0.717, 1.165) is 12.8 Å². The van der Waals surface area contributed by atoms with Crippen molar-refractivity contribution in [2.24, 2.45) is 5.92 Å². The Morgan fingerprint density at radius 2 is 2.05 bits per heavy atom. The molecule has 1 aliphatic carbocycles. The fraction of sp³-hybridized carbons (Fsp3) is 0.462. The van der Waals surface area contributed by atoms with Gasteiger partial charge in [0.1, 0.15) is 35.5 Å². The van der Waals surface area contributed by atoms with Gasteiger partial charge in [0.05, 0.1) is 30.8 Å². The number of H-pyrrole nitrogens is 1. The van der Waals surface area contributed by atoms with Crippen LogP contribution in [0.25, 0.3) is 22.3 Å². The lowest BCUT2D eigenvalue weighted by Crippen LogP contribution is -2.65. The summed E-state index contributed by atoms with van der Waals surface area (Å²) in [6.07, 6.45) is 3.48. The lowest BCUT2D eigenvalue weighted by atomic mass is 9.83. The highest BCUT2D eigenvalue weighted by molar-refractivity contribution is 6.09. The molecule has 3 aromatic rings. The maximum absolute atomic E-state index is 14.6. The van der Waals surface area contributed by atoms with Gasteiger partial charge in [-0.3, -0.25) is 9.59 Å². The fourth-order valence-corrected chi connectivity index (χ4v) is 4.83. The zero-order valence-corrected chi connectivity index (χ0v) is 21.1. The number of amides is 1. The van der Waals surface area contributed by atoms with Crippen LogP contribution in [0, 0.1) is 18.7 Å². The lowest BCUT2D eigenvalue weighted by molar-refractivity contribution is -0.145. The molecule has 2 aromatic heterocycles. The van der Waals surface area contributed by atoms with Crippen LogP contribution in [0.2, 0.25) is 0 Å². The third kappa shape index (κ3) is 4.70. The van der Waals surface area contributed by atoms with E-state index in [-0.39, 0.29) is 24.3 Å². The first-order valence-corrected chi connectivity index (χ1v) is 12.5. The third-order valence-corrected chi connectivity index (χ3v) is 7.22. The van der Waals surface area contributed by atoms with E-state index >= 15 is 0 Å². The topological polar surface area (TPSA) is 159 Å². The first kappa shape index (κ1) is 26.0. The normalized spacial score (nSPS) is 21.3. The zero-order chi connectivity index (χ0) is 27.0. The standard InChI is InChI=1S/C26H30FN5O6/c1-13-21(25(35)32-19-9-28-6-5-26(19,36)20(34)10-33)23-24(31-13)22(29-12-30-23)15-7-18(37-2)16(27)8-17(15)38-11-14-3-4-14/h7-8,12,14,19,28,31,33,36H,3-6,9-11H2,1-2H3,(H,32,35)/t19-,26-/m0/s1. The number of nitrogens with zero attached hydrogens (tertiary/aromatic N) is 2. The van der Waals surface area contributed by atoms with E-state index < -0.39 is 35.8 Å². The smallest absolute Gasteiger partial charge is 0.255 e. The number of aromatic amines is 1. The van der Waals surface area contributed by atoms with E-state index in [9.17, 15) is 24.2 Å². The maximum Gasteiger partial charge on any atom is 0.255 e. The number of hydrogen-bond donors (Lipinski definition) is 5. The summed E-state index contributed by atoms with van der Waals surface area (Å²) in [5.41, 5.74) is 0.410. The van der Waals surface area contributed by atoms with Crippen molar-refractivity contribution in [1.29, 1.82) is 0 Å². The molecule has 0 spiro atoms. The number of benzene rings is 1. The highest BCUT2D eigenvalue weighted by Crippen LogP contribution is 2.39. The molecule has 1 aromatic carbocycles. The molecule has 0 bridgehead atoms. The molecule has 5 N–H and O–H groups in total. The summed E-state index contributed by atoms with van der Waals surface area (Å²) in [6, 6.07) is 1.81. The average molecular weight is 528 g/mol. The number of fused-ring (bicyclic) bond motifs is 1. The summed E-state index contributed by atoms with van der Waals surface area (Å²) in [6.45, 7) is 1.82. The molecule has 5 rings (SSSR count). The number of carbonyl (C=O) groups is 2. The first-order chi connectivity index (χ1) is 18.3. The van der Waals surface area contributed by atoms with Crippen LogP contribution in [0.1, 0.15) is 35.3 Å². The molecule has 1 aliphatic heterocycles. The van der Waals surface area contributed by atoms with Gasteiger partial charge in [-0.25, -0.2) is 14.4 Å². The highest BCUT2D eigenvalue weighted by atomic mass is 19.1. The van der Waals surface area contributed by atoms with E-state index in [2.05, 4.69) is 25.6 Å². The number of aliphatic hydroxyl groups is 2. The molecule has 1 saturated carbocycles. The molecule has 1 amide bonds. The predicted octanol–water partition coefficient (Wildman–Crippen LogP) is 1.25. The Morgan fingerprint density at radius 3 is 2.76 bits per heavy atom. The minimum Gasteiger partial charge on any atom is -0.494 e. The van der Waals surface area contributed by atoms with Gasteiger partial charge < -0.3 is 35.3 Å². The van der Waals surface area contributed by atoms with Gasteiger partial charge in [-0.05, 0) is 44.7 Å². The second-order valence-electron chi connectivity index (χ2n) is 9.79. The van der Waals surface area contributed by atoms with Crippen LogP contribution >= 0.6 is 0 Å². The second-order valence-corrected chi connectivity index (χ2v) is 9.79. The molecule has 2 atom stereocenters. The van der Waals surface area contributed by atoms with Gasteiger partial charge >= 0.3 is 0 Å². The molecule has 2 fully saturated rings. The van der Waals surface area contributed by atoms with Crippen molar-refractivity contribution in [3.05, 3.63) is 35.5 Å². The first-order valence-electron chi connectivity index (χ1n) is 12.5. The van der Waals surface area contributed by atoms with E-state index in [1.54, 1.807) is 6.92 Å². The number of rotatable bonds is 9. The van der Waals surface area contributed by atoms with E-state index in [4.69, 9.17) is 9.47 Å². The van der Waals surface area contributed by atoms with Crippen LogP contribution in [-0.2, 0) is 4.79 Å². The number of piperidine rings is 1. The minimum atomic E-state index is -1.89. The zero-order valence-electron chi connectivity index (χ0n) is 21.1. The van der Waals surface area contributed by atoms with Crippen molar-refractivity contribution in [3.63, 3.8) is 0 Å². The molecule has 2 aliphatic rings. The number of halogens is 1. The highest BCUT2D eigenvalue weighted by Gasteiger charge is 2.46. The van der Waals surface area contributed by atoms with Crippen molar-refractivity contribution in [2.45, 2.75) is 37.8 Å². The Kier molecular flexibility index (Phi) is 7.03. The number of ether oxygens (including phenoxy) is 2. The van der Waals surface area contributed by atoms with Gasteiger partial charge in [0.25, 0.3) is 5.91 Å². The number of aryl methyl sites for hydroxylation is 1. The van der Waals surface area contributed by atoms with Gasteiger partial charge in [0.15, 0.2) is 17.3 Å². The number of methoxy groups -OCH3 is 1. The molecular formula is C26H30FN5O6. The van der Waals surface area contributed by atoms with Crippen molar-refractivity contribution in [1.82, 2.24) is 25.6 Å². The number of nitrogens with one attached hydrogen (secondary N) is 3. The SMILES string of the molecule is COc1cc(-c2ncnc3c(C(=O)N[C@H]4CNCC[C@@]4(O)C(=O)CO)c(C)[nH]c23)c(OCC2CC2)cc1F. The van der Waals surface area contributed by atoms with Crippen molar-refractivity contribution in [3.8, 4) is 22.8 Å². The Balaban J connectivity index is 1.53. The number of aliphatic hydroxyl groups excluding tert-OH is 1. The molecule has 38 heavy (non-hydrogen) atoms. The number of carbonyl (C=O) groups excluding carboxylic acids is 2. The Hall–Kier alpha value is -3.61. The Labute approximate surface area is 217 Å². The van der Waals surface area contributed by atoms with Crippen LogP contribution in [0.3, 0.4) is 0 Å². The summed E-state index contributed by atoms with van der Waals surface area (Å²) in [4.78, 5) is 37.7. The van der Waals surface area contributed by atoms with Gasteiger partial charge in [-0.15, -0.1) is 0 Å². The van der Waals surface area contributed by atoms with Crippen molar-refractivity contribution >= 4 is 22.7 Å². The van der Waals surface area contributed by atoms with Gasteiger partial charge in [-0.2, -0.15) is 0 Å². The van der Waals surface area contributed by atoms with E-state index in [0.29, 0.717) is 52.8 Å². The predicted molar refractivity (Wildman–Crippen MR) is 135 cm³/mol. The van der Waals surface area contributed by atoms with Crippen LogP contribution in [-0.4, -0.2) is 81.9 Å². The molecule has 1 saturated heterocycles. The summed E-state index contributed by atoms with van der Waals surface area (Å²) >= 11 is 0. The van der Waals surface area contributed by atoms with Crippen molar-refractivity contribution < 1.29 is 33.7 Å². The largest absolute Gasteiger partial charge is 0.494 e. The van der Waals surface area contributed by atoms with Crippen LogP contribution < -0.4 is 20.1 Å². The van der Waals surface area contributed by atoms with Crippen molar-refractivity contribution in [2.75, 3.05) is 33.4 Å². The summed E-state index contributed by atoms with van der Waals surface area (Å²) < 4.78 is 25.7. The Bertz CT molecular complexity index is 1390. The van der Waals surface area contributed by atoms with Gasteiger partial charge in [0, 0.05) is 23.9 Å². The second kappa shape index (κ2) is 10.3. The molecule has 202 valence electrons. The van der Waals surface area contributed by atoms with E-state index in [1.807, 2.05) is 0 Å². The molecule has 12 heteroatoms. The quantitative estimate of drug-likeness (QED) is 0.276. The van der Waals surface area contributed by atoms with Gasteiger partial charge in [0.2, 0.25) is 0 Å². The Morgan fingerprint density at radius 1 is 1.26 bits per heavy atom. The minimum absolute atomic E-state index is 0.0180. The number of Topliss-reactive ketones (excluding diaryl/α,β-unsaturated/α-hetero) is 1. The van der Waals surface area contributed by atoms with E-state index in [1.165, 1.54) is 25.6 Å². The fourth-order valence-electron chi connectivity index (χ4n) is 4.83. The lowest BCUT2D eigenvalue weighted by Gasteiger charge is -2.39. The van der Waals surface area contributed by atoms with Crippen LogP contribution in [0.5, 0.6) is 11.5 Å². The third-order valence-electron chi connectivity index (χ3n) is 7.22. The average Bonchev–Trinajstić information content (AvgIpc) is 3.67. The number of aromatic nitrogens is 3.